The molecule has 0 amide bonds. The van der Waals surface area contributed by atoms with Crippen LogP contribution in [-0.4, -0.2) is 14.9 Å². The second kappa shape index (κ2) is 5.70. The van der Waals surface area contributed by atoms with E-state index in [9.17, 15) is 14.9 Å². The maximum absolute atomic E-state index is 11.3. The fourth-order valence-electron chi connectivity index (χ4n) is 1.74. The van der Waals surface area contributed by atoms with Crippen LogP contribution in [0.4, 0.5) is 11.5 Å². The summed E-state index contributed by atoms with van der Waals surface area (Å²) in [6.07, 6.45) is 1.23. The van der Waals surface area contributed by atoms with E-state index in [1.54, 1.807) is 19.1 Å². The van der Waals surface area contributed by atoms with Crippen molar-refractivity contribution in [2.75, 3.05) is 5.32 Å². The van der Waals surface area contributed by atoms with Gasteiger partial charge in [0, 0.05) is 18.2 Å². The van der Waals surface area contributed by atoms with Crippen LogP contribution < -0.4 is 10.9 Å². The van der Waals surface area contributed by atoms with Crippen LogP contribution in [0.25, 0.3) is 0 Å². The number of halogens is 1. The van der Waals surface area contributed by atoms with E-state index in [2.05, 4.69) is 15.3 Å². The highest BCUT2D eigenvalue weighted by molar-refractivity contribution is 6.32. The second-order valence-electron chi connectivity index (χ2n) is 4.07. The minimum absolute atomic E-state index is 0.0458. The third-order valence-electron chi connectivity index (χ3n) is 2.86. The number of H-pyrrole nitrogens is 1. The van der Waals surface area contributed by atoms with Gasteiger partial charge < -0.3 is 10.3 Å². The average Bonchev–Trinajstić information content (AvgIpc) is 2.41. The quantitative estimate of drug-likeness (QED) is 0.665. The summed E-state index contributed by atoms with van der Waals surface area (Å²) in [6.45, 7) is 1.95. The molecule has 2 N–H and O–H groups in total. The zero-order valence-corrected chi connectivity index (χ0v) is 11.3. The molecule has 0 saturated carbocycles. The molecule has 1 aromatic carbocycles. The van der Waals surface area contributed by atoms with Crippen LogP contribution >= 0.6 is 11.6 Å². The summed E-state index contributed by atoms with van der Waals surface area (Å²) in [5.41, 5.74) is 0.900. The molecule has 0 fully saturated rings. The molecule has 2 rings (SSSR count). The van der Waals surface area contributed by atoms with Crippen molar-refractivity contribution < 1.29 is 4.92 Å². The molecule has 0 aliphatic carbocycles. The van der Waals surface area contributed by atoms with Crippen molar-refractivity contribution in [2.45, 2.75) is 13.5 Å². The minimum atomic E-state index is -0.445. The smallest absolute Gasteiger partial charge is 0.272 e. The molecule has 1 heterocycles. The first kappa shape index (κ1) is 14.0. The normalized spacial score (nSPS) is 10.3. The maximum atomic E-state index is 11.3. The summed E-state index contributed by atoms with van der Waals surface area (Å²) in [6, 6.07) is 4.81. The fourth-order valence-corrected chi connectivity index (χ4v) is 1.91. The van der Waals surface area contributed by atoms with E-state index >= 15 is 0 Å². The molecule has 104 valence electrons. The standard InChI is InChI=1S/C12H11ClN4O3/c1-7-8(3-2-4-9(7)17(19)20)5-14-11-10(13)12(18)16-6-15-11/h2-4,6H,5H2,1H3,(H2,14,15,16,18). The Kier molecular flexibility index (Phi) is 3.99. The number of nitro benzene ring substituents is 1. The third kappa shape index (κ3) is 2.77. The molecule has 0 unspecified atom stereocenters. The van der Waals surface area contributed by atoms with Crippen LogP contribution in [0.3, 0.4) is 0 Å². The molecular formula is C12H11ClN4O3. The van der Waals surface area contributed by atoms with Gasteiger partial charge in [-0.15, -0.1) is 0 Å². The molecule has 0 aliphatic rings. The number of nitrogens with one attached hydrogen (secondary N) is 2. The number of nitro groups is 1. The Morgan fingerprint density at radius 2 is 2.25 bits per heavy atom. The highest BCUT2D eigenvalue weighted by Crippen LogP contribution is 2.22. The van der Waals surface area contributed by atoms with Gasteiger partial charge in [0.2, 0.25) is 0 Å². The van der Waals surface area contributed by atoms with Crippen molar-refractivity contribution in [2.24, 2.45) is 0 Å². The number of aromatic nitrogens is 2. The summed E-state index contributed by atoms with van der Waals surface area (Å²) in [5.74, 6) is 0.237. The van der Waals surface area contributed by atoms with Gasteiger partial charge in [-0.2, -0.15) is 0 Å². The highest BCUT2D eigenvalue weighted by Gasteiger charge is 2.13. The van der Waals surface area contributed by atoms with Crippen LogP contribution in [0.1, 0.15) is 11.1 Å². The average molecular weight is 295 g/mol. The first-order valence-corrected chi connectivity index (χ1v) is 6.08. The summed E-state index contributed by atoms with van der Waals surface area (Å²) < 4.78 is 0. The summed E-state index contributed by atoms with van der Waals surface area (Å²) in [4.78, 5) is 28.0. The molecule has 0 bridgehead atoms. The second-order valence-corrected chi connectivity index (χ2v) is 4.44. The number of hydrogen-bond acceptors (Lipinski definition) is 5. The largest absolute Gasteiger partial charge is 0.365 e. The summed E-state index contributed by atoms with van der Waals surface area (Å²) in [7, 11) is 0. The van der Waals surface area contributed by atoms with Gasteiger partial charge in [0.1, 0.15) is 5.02 Å². The molecular weight excluding hydrogens is 284 g/mol. The Hall–Kier alpha value is -2.41. The number of nitrogens with zero attached hydrogens (tertiary/aromatic N) is 2. The van der Waals surface area contributed by atoms with Gasteiger partial charge in [0.05, 0.1) is 11.3 Å². The van der Waals surface area contributed by atoms with Gasteiger partial charge >= 0.3 is 0 Å². The van der Waals surface area contributed by atoms with Crippen molar-refractivity contribution >= 4 is 23.1 Å². The van der Waals surface area contributed by atoms with E-state index in [4.69, 9.17) is 11.6 Å². The lowest BCUT2D eigenvalue weighted by atomic mass is 10.1. The summed E-state index contributed by atoms with van der Waals surface area (Å²) in [5, 5.41) is 13.7. The number of rotatable bonds is 4. The predicted molar refractivity (Wildman–Crippen MR) is 75.0 cm³/mol. The Morgan fingerprint density at radius 3 is 2.95 bits per heavy atom. The number of hydrogen-bond donors (Lipinski definition) is 2. The van der Waals surface area contributed by atoms with Crippen LogP contribution in [0.15, 0.2) is 29.3 Å². The first-order chi connectivity index (χ1) is 9.50. The maximum Gasteiger partial charge on any atom is 0.272 e. The molecule has 0 saturated heterocycles. The van der Waals surface area contributed by atoms with E-state index in [0.717, 1.165) is 5.56 Å². The predicted octanol–water partition coefficient (Wildman–Crippen LogP) is 2.25. The monoisotopic (exact) mass is 294 g/mol. The van der Waals surface area contributed by atoms with Gasteiger partial charge in [-0.25, -0.2) is 4.98 Å². The highest BCUT2D eigenvalue weighted by atomic mass is 35.5. The zero-order valence-electron chi connectivity index (χ0n) is 10.5. The number of aromatic amines is 1. The van der Waals surface area contributed by atoms with Gasteiger partial charge in [0.25, 0.3) is 11.2 Å². The van der Waals surface area contributed by atoms with Crippen LogP contribution in [0.5, 0.6) is 0 Å². The van der Waals surface area contributed by atoms with Gasteiger partial charge in [-0.1, -0.05) is 23.7 Å². The lowest BCUT2D eigenvalue weighted by molar-refractivity contribution is -0.385. The van der Waals surface area contributed by atoms with E-state index < -0.39 is 10.5 Å². The third-order valence-corrected chi connectivity index (χ3v) is 3.21. The van der Waals surface area contributed by atoms with E-state index in [1.807, 2.05) is 0 Å². The van der Waals surface area contributed by atoms with Gasteiger partial charge in [0.15, 0.2) is 5.82 Å². The molecule has 8 heteroatoms. The molecule has 0 atom stereocenters. The van der Waals surface area contributed by atoms with Crippen molar-refractivity contribution in [3.63, 3.8) is 0 Å². The number of benzene rings is 1. The van der Waals surface area contributed by atoms with Crippen LogP contribution in [-0.2, 0) is 6.54 Å². The van der Waals surface area contributed by atoms with Crippen molar-refractivity contribution in [3.05, 3.63) is 61.1 Å². The topological polar surface area (TPSA) is 101 Å². The van der Waals surface area contributed by atoms with E-state index in [0.29, 0.717) is 5.56 Å². The fraction of sp³-hybridized carbons (Fsp3) is 0.167. The van der Waals surface area contributed by atoms with Crippen molar-refractivity contribution in [1.82, 2.24) is 9.97 Å². The zero-order chi connectivity index (χ0) is 14.7. The van der Waals surface area contributed by atoms with Crippen LogP contribution in [0, 0.1) is 17.0 Å². The SMILES string of the molecule is Cc1c(CNc2nc[nH]c(=O)c2Cl)cccc1[N+](=O)[O-]. The van der Waals surface area contributed by atoms with Crippen LogP contribution in [0.2, 0.25) is 5.02 Å². The summed E-state index contributed by atoms with van der Waals surface area (Å²) >= 11 is 5.80. The molecule has 0 radical (unpaired) electrons. The lowest BCUT2D eigenvalue weighted by Gasteiger charge is -2.09. The molecule has 7 nitrogen and oxygen atoms in total. The van der Waals surface area contributed by atoms with Crippen molar-refractivity contribution in [3.8, 4) is 0 Å². The number of anilines is 1. The van der Waals surface area contributed by atoms with Gasteiger partial charge in [-0.05, 0) is 12.5 Å². The van der Waals surface area contributed by atoms with Gasteiger partial charge in [-0.3, -0.25) is 14.9 Å². The Morgan fingerprint density at radius 1 is 1.50 bits per heavy atom. The van der Waals surface area contributed by atoms with E-state index in [-0.39, 0.29) is 23.1 Å². The van der Waals surface area contributed by atoms with E-state index in [1.165, 1.54) is 12.4 Å². The van der Waals surface area contributed by atoms with Crippen molar-refractivity contribution in [1.29, 1.82) is 0 Å². The molecule has 20 heavy (non-hydrogen) atoms. The first-order valence-electron chi connectivity index (χ1n) is 5.70. The lowest BCUT2D eigenvalue weighted by Crippen LogP contribution is -2.12. The Balaban J connectivity index is 2.24. The molecule has 0 aliphatic heterocycles. The Bertz CT molecular complexity index is 714. The minimum Gasteiger partial charge on any atom is -0.365 e. The molecule has 2 aromatic rings. The molecule has 1 aromatic heterocycles. The molecule has 0 spiro atoms. The Labute approximate surface area is 118 Å².